The lowest BCUT2D eigenvalue weighted by Gasteiger charge is -2.14. The van der Waals surface area contributed by atoms with Gasteiger partial charge in [0.2, 0.25) is 5.91 Å². The van der Waals surface area contributed by atoms with Crippen molar-refractivity contribution in [2.75, 3.05) is 5.32 Å². The Balaban J connectivity index is 1.83. The largest absolute Gasteiger partial charge is 0.365 e. The first-order chi connectivity index (χ1) is 12.8. The van der Waals surface area contributed by atoms with Crippen LogP contribution in [0.3, 0.4) is 0 Å². The van der Waals surface area contributed by atoms with Crippen LogP contribution in [0.2, 0.25) is 5.02 Å². The minimum absolute atomic E-state index is 0.316. The number of nitrogens with one attached hydrogen (secondary N) is 1. The molecule has 3 rings (SSSR count). The Bertz CT molecular complexity index is 1050. The zero-order valence-corrected chi connectivity index (χ0v) is 14.7. The Morgan fingerprint density at radius 1 is 1.19 bits per heavy atom. The summed E-state index contributed by atoms with van der Waals surface area (Å²) in [5.41, 5.74) is -0.137. The fourth-order valence-electron chi connectivity index (χ4n) is 2.32. The molecule has 0 saturated carbocycles. The van der Waals surface area contributed by atoms with Gasteiger partial charge in [0.25, 0.3) is 0 Å². The molecule has 6 nitrogen and oxygen atoms in total. The van der Waals surface area contributed by atoms with Gasteiger partial charge in [0.15, 0.2) is 0 Å². The molecule has 138 valence electrons. The van der Waals surface area contributed by atoms with Crippen LogP contribution in [-0.2, 0) is 4.79 Å². The van der Waals surface area contributed by atoms with Crippen molar-refractivity contribution in [2.24, 2.45) is 0 Å². The van der Waals surface area contributed by atoms with E-state index in [4.69, 9.17) is 11.6 Å². The van der Waals surface area contributed by atoms with Crippen LogP contribution < -0.4 is 11.0 Å². The second-order valence-corrected chi connectivity index (χ2v) is 6.10. The molecule has 1 heterocycles. The van der Waals surface area contributed by atoms with Gasteiger partial charge in [0.05, 0.1) is 17.6 Å². The Kier molecular flexibility index (Phi) is 5.27. The van der Waals surface area contributed by atoms with Gasteiger partial charge in [-0.05, 0) is 31.2 Å². The highest BCUT2D eigenvalue weighted by Crippen LogP contribution is 2.19. The SMILES string of the molecule is CC(C(=O)Nc1cc(F)ccc1F)n1ncc(-c2ccc(Cl)cc2)nc1=O. The van der Waals surface area contributed by atoms with Gasteiger partial charge in [-0.1, -0.05) is 23.7 Å². The zero-order valence-electron chi connectivity index (χ0n) is 14.0. The van der Waals surface area contributed by atoms with Crippen LogP contribution in [0.25, 0.3) is 11.3 Å². The van der Waals surface area contributed by atoms with Crippen LogP contribution in [0.1, 0.15) is 13.0 Å². The van der Waals surface area contributed by atoms with Gasteiger partial charge < -0.3 is 5.32 Å². The van der Waals surface area contributed by atoms with Gasteiger partial charge in [-0.25, -0.2) is 18.3 Å². The number of halogens is 3. The average Bonchev–Trinajstić information content (AvgIpc) is 2.64. The molecule has 1 atom stereocenters. The smallest absolute Gasteiger partial charge is 0.322 e. The normalized spacial score (nSPS) is 11.9. The molecule has 1 N–H and O–H groups in total. The molecular formula is C18H13ClF2N4O2. The summed E-state index contributed by atoms with van der Waals surface area (Å²) in [6, 6.07) is 8.23. The van der Waals surface area contributed by atoms with Crippen LogP contribution in [0.15, 0.2) is 53.5 Å². The molecule has 0 aliphatic rings. The number of benzene rings is 2. The van der Waals surface area contributed by atoms with E-state index < -0.39 is 29.3 Å². The molecule has 0 fully saturated rings. The number of anilines is 1. The first-order valence-corrected chi connectivity index (χ1v) is 8.20. The quantitative estimate of drug-likeness (QED) is 0.740. The fourth-order valence-corrected chi connectivity index (χ4v) is 2.44. The highest BCUT2D eigenvalue weighted by atomic mass is 35.5. The minimum atomic E-state index is -1.09. The van der Waals surface area contributed by atoms with Crippen LogP contribution in [-0.4, -0.2) is 20.7 Å². The number of hydrogen-bond acceptors (Lipinski definition) is 4. The van der Waals surface area contributed by atoms with Gasteiger partial charge in [-0.2, -0.15) is 10.1 Å². The summed E-state index contributed by atoms with van der Waals surface area (Å²) in [4.78, 5) is 28.4. The van der Waals surface area contributed by atoms with E-state index in [0.29, 0.717) is 16.3 Å². The van der Waals surface area contributed by atoms with Crippen molar-refractivity contribution in [1.29, 1.82) is 0 Å². The van der Waals surface area contributed by atoms with Crippen molar-refractivity contribution < 1.29 is 13.6 Å². The number of carbonyl (C=O) groups is 1. The van der Waals surface area contributed by atoms with Crippen molar-refractivity contribution in [3.63, 3.8) is 0 Å². The molecule has 0 radical (unpaired) electrons. The Labute approximate surface area is 157 Å². The highest BCUT2D eigenvalue weighted by Gasteiger charge is 2.20. The monoisotopic (exact) mass is 390 g/mol. The fraction of sp³-hybridized carbons (Fsp3) is 0.111. The summed E-state index contributed by atoms with van der Waals surface area (Å²) in [7, 11) is 0. The molecule has 0 saturated heterocycles. The van der Waals surface area contributed by atoms with Crippen molar-refractivity contribution in [3.05, 3.63) is 75.8 Å². The summed E-state index contributed by atoms with van der Waals surface area (Å²) in [6.07, 6.45) is 1.33. The molecule has 1 amide bonds. The molecule has 0 spiro atoms. The van der Waals surface area contributed by atoms with Gasteiger partial charge in [-0.3, -0.25) is 4.79 Å². The Morgan fingerprint density at radius 3 is 2.56 bits per heavy atom. The van der Waals surface area contributed by atoms with E-state index >= 15 is 0 Å². The molecule has 0 bridgehead atoms. The lowest BCUT2D eigenvalue weighted by Crippen LogP contribution is -2.35. The number of hydrogen-bond donors (Lipinski definition) is 1. The summed E-state index contributed by atoms with van der Waals surface area (Å²) < 4.78 is 27.7. The van der Waals surface area contributed by atoms with E-state index in [1.807, 2.05) is 0 Å². The molecule has 1 aromatic heterocycles. The second kappa shape index (κ2) is 7.63. The molecule has 1 unspecified atom stereocenters. The Morgan fingerprint density at radius 2 is 1.89 bits per heavy atom. The van der Waals surface area contributed by atoms with Crippen molar-refractivity contribution in [1.82, 2.24) is 14.8 Å². The molecule has 27 heavy (non-hydrogen) atoms. The third-order valence-electron chi connectivity index (χ3n) is 3.79. The van der Waals surface area contributed by atoms with Crippen molar-refractivity contribution in [3.8, 4) is 11.3 Å². The summed E-state index contributed by atoms with van der Waals surface area (Å²) in [5.74, 6) is -2.24. The standard InChI is InChI=1S/C18H13ClF2N4O2/c1-10(17(26)23-15-8-13(20)6-7-14(15)21)25-18(27)24-16(9-22-25)11-2-4-12(19)5-3-11/h2-10H,1H3,(H,23,26). The zero-order chi connectivity index (χ0) is 19.6. The topological polar surface area (TPSA) is 76.9 Å². The third-order valence-corrected chi connectivity index (χ3v) is 4.04. The molecule has 2 aromatic carbocycles. The second-order valence-electron chi connectivity index (χ2n) is 5.67. The number of amides is 1. The summed E-state index contributed by atoms with van der Waals surface area (Å²) in [5, 5.41) is 6.73. The maximum absolute atomic E-state index is 13.7. The van der Waals surface area contributed by atoms with Gasteiger partial charge in [-0.15, -0.1) is 0 Å². The minimum Gasteiger partial charge on any atom is -0.322 e. The molecule has 0 aliphatic carbocycles. The van der Waals surface area contributed by atoms with Crippen LogP contribution in [0, 0.1) is 11.6 Å². The first-order valence-electron chi connectivity index (χ1n) is 7.83. The van der Waals surface area contributed by atoms with Gasteiger partial charge in [0.1, 0.15) is 17.7 Å². The maximum atomic E-state index is 13.7. The van der Waals surface area contributed by atoms with Crippen molar-refractivity contribution >= 4 is 23.2 Å². The van der Waals surface area contributed by atoms with Crippen LogP contribution in [0.5, 0.6) is 0 Å². The van der Waals surface area contributed by atoms with E-state index in [1.165, 1.54) is 13.1 Å². The summed E-state index contributed by atoms with van der Waals surface area (Å²) in [6.45, 7) is 1.39. The summed E-state index contributed by atoms with van der Waals surface area (Å²) >= 11 is 5.82. The van der Waals surface area contributed by atoms with E-state index in [2.05, 4.69) is 15.4 Å². The lowest BCUT2D eigenvalue weighted by atomic mass is 10.2. The van der Waals surface area contributed by atoms with Gasteiger partial charge >= 0.3 is 5.69 Å². The number of carbonyl (C=O) groups excluding carboxylic acids is 1. The Hall–Kier alpha value is -3.13. The van der Waals surface area contributed by atoms with E-state index in [-0.39, 0.29) is 5.69 Å². The lowest BCUT2D eigenvalue weighted by molar-refractivity contribution is -0.119. The molecule has 9 heteroatoms. The van der Waals surface area contributed by atoms with E-state index in [9.17, 15) is 18.4 Å². The van der Waals surface area contributed by atoms with Gasteiger partial charge in [0, 0.05) is 16.7 Å². The molecule has 0 aliphatic heterocycles. The van der Waals surface area contributed by atoms with Crippen LogP contribution in [0.4, 0.5) is 14.5 Å². The third kappa shape index (κ3) is 4.17. The molecule has 3 aromatic rings. The maximum Gasteiger partial charge on any atom is 0.365 e. The first kappa shape index (κ1) is 18.7. The predicted molar refractivity (Wildman–Crippen MR) is 96.4 cm³/mol. The molecular weight excluding hydrogens is 378 g/mol. The highest BCUT2D eigenvalue weighted by molar-refractivity contribution is 6.30. The number of nitrogens with zero attached hydrogens (tertiary/aromatic N) is 3. The predicted octanol–water partition coefficient (Wildman–Crippen LogP) is 3.44. The van der Waals surface area contributed by atoms with Crippen LogP contribution >= 0.6 is 11.6 Å². The number of aromatic nitrogens is 3. The average molecular weight is 391 g/mol. The van der Waals surface area contributed by atoms with E-state index in [0.717, 1.165) is 22.9 Å². The van der Waals surface area contributed by atoms with E-state index in [1.54, 1.807) is 24.3 Å². The van der Waals surface area contributed by atoms with Crippen molar-refractivity contribution in [2.45, 2.75) is 13.0 Å². The number of rotatable bonds is 4.